The fourth-order valence-electron chi connectivity index (χ4n) is 0.969. The van der Waals surface area contributed by atoms with E-state index in [-0.39, 0.29) is 0 Å². The van der Waals surface area contributed by atoms with Crippen molar-refractivity contribution in [1.82, 2.24) is 9.97 Å². The van der Waals surface area contributed by atoms with Crippen molar-refractivity contribution in [3.63, 3.8) is 0 Å². The van der Waals surface area contributed by atoms with Crippen LogP contribution >= 0.6 is 0 Å². The van der Waals surface area contributed by atoms with E-state index >= 15 is 0 Å². The van der Waals surface area contributed by atoms with Crippen LogP contribution in [0.3, 0.4) is 0 Å². The summed E-state index contributed by atoms with van der Waals surface area (Å²) in [5, 5.41) is 11.5. The molecule has 15 heavy (non-hydrogen) atoms. The van der Waals surface area contributed by atoms with E-state index in [1.807, 2.05) is 6.07 Å². The van der Waals surface area contributed by atoms with Crippen molar-refractivity contribution in [1.29, 1.82) is 5.26 Å². The first-order valence-corrected chi connectivity index (χ1v) is 6.21. The first-order valence-electron chi connectivity index (χ1n) is 4.48. The molecule has 1 heterocycles. The van der Waals surface area contributed by atoms with Crippen LogP contribution in [0.2, 0.25) is 0 Å². The first-order chi connectivity index (χ1) is 7.22. The molecule has 0 saturated heterocycles. The molecule has 1 aromatic heterocycles. The van der Waals surface area contributed by atoms with Gasteiger partial charge in [0.05, 0.1) is 12.4 Å². The highest BCUT2D eigenvalue weighted by Crippen LogP contribution is 2.00. The summed E-state index contributed by atoms with van der Waals surface area (Å²) in [5.74, 6) is 1.31. The van der Waals surface area contributed by atoms with E-state index in [0.717, 1.165) is 6.42 Å². The number of aromatic nitrogens is 2. The summed E-state index contributed by atoms with van der Waals surface area (Å²) in [7, 11) is -0.748. The lowest BCUT2D eigenvalue weighted by Crippen LogP contribution is -2.07. The van der Waals surface area contributed by atoms with Crippen LogP contribution in [0.5, 0.6) is 0 Å². The molecule has 1 aromatic rings. The molecule has 0 aromatic carbocycles. The largest absolute Gasteiger partial charge is 0.369 e. The lowest BCUT2D eigenvalue weighted by atomic mass is 10.4. The van der Waals surface area contributed by atoms with E-state index in [1.54, 1.807) is 6.26 Å². The van der Waals surface area contributed by atoms with Crippen LogP contribution in [0.4, 0.5) is 5.82 Å². The molecule has 0 amide bonds. The number of nitrogens with zero attached hydrogens (tertiary/aromatic N) is 3. The van der Waals surface area contributed by atoms with Crippen molar-refractivity contribution >= 4 is 16.6 Å². The predicted molar refractivity (Wildman–Crippen MR) is 58.8 cm³/mol. The van der Waals surface area contributed by atoms with Gasteiger partial charge in [0.15, 0.2) is 5.69 Å². The monoisotopic (exact) mass is 224 g/mol. The molecular weight excluding hydrogens is 212 g/mol. The minimum absolute atomic E-state index is 0.301. The Balaban J connectivity index is 2.32. The molecule has 1 unspecified atom stereocenters. The molecule has 0 bridgehead atoms. The standard InChI is InChI=1S/C9H12N4OS/c1-15(14)4-2-3-11-9-7-12-8(5-10)6-13-9/h6-7H,2-4H2,1H3,(H,11,13). The zero-order chi connectivity index (χ0) is 11.1. The summed E-state index contributed by atoms with van der Waals surface area (Å²) < 4.78 is 10.8. The van der Waals surface area contributed by atoms with E-state index in [9.17, 15) is 4.21 Å². The molecule has 0 saturated carbocycles. The fraction of sp³-hybridized carbons (Fsp3) is 0.444. The van der Waals surface area contributed by atoms with Crippen LogP contribution < -0.4 is 5.32 Å². The van der Waals surface area contributed by atoms with Gasteiger partial charge in [0.25, 0.3) is 0 Å². The smallest absolute Gasteiger partial charge is 0.158 e. The number of nitrogens with one attached hydrogen (secondary N) is 1. The van der Waals surface area contributed by atoms with Crippen molar-refractivity contribution in [3.05, 3.63) is 18.1 Å². The SMILES string of the molecule is CS(=O)CCCNc1cnc(C#N)cn1. The van der Waals surface area contributed by atoms with Crippen LogP contribution in [0, 0.1) is 11.3 Å². The van der Waals surface area contributed by atoms with Crippen LogP contribution in [-0.4, -0.2) is 32.7 Å². The van der Waals surface area contributed by atoms with Crippen molar-refractivity contribution in [3.8, 4) is 6.07 Å². The molecule has 1 N–H and O–H groups in total. The van der Waals surface area contributed by atoms with E-state index in [2.05, 4.69) is 15.3 Å². The molecular formula is C9H12N4OS. The summed E-state index contributed by atoms with van der Waals surface area (Å²) in [6.45, 7) is 0.708. The van der Waals surface area contributed by atoms with Gasteiger partial charge in [-0.3, -0.25) is 4.21 Å². The van der Waals surface area contributed by atoms with Gasteiger partial charge in [-0.2, -0.15) is 5.26 Å². The molecule has 0 spiro atoms. The average Bonchev–Trinajstić information content (AvgIpc) is 2.25. The summed E-state index contributed by atoms with van der Waals surface area (Å²) in [6, 6.07) is 1.89. The van der Waals surface area contributed by atoms with Gasteiger partial charge >= 0.3 is 0 Å². The lowest BCUT2D eigenvalue weighted by molar-refractivity contribution is 0.685. The Kier molecular flexibility index (Phi) is 4.71. The molecule has 0 aliphatic rings. The number of anilines is 1. The summed E-state index contributed by atoms with van der Waals surface area (Å²) in [5.41, 5.74) is 0.301. The molecule has 5 nitrogen and oxygen atoms in total. The van der Waals surface area contributed by atoms with Gasteiger partial charge < -0.3 is 5.32 Å². The molecule has 6 heteroatoms. The van der Waals surface area contributed by atoms with Gasteiger partial charge in [0.1, 0.15) is 11.9 Å². The van der Waals surface area contributed by atoms with E-state index < -0.39 is 10.8 Å². The summed E-state index contributed by atoms with van der Waals surface area (Å²) in [6.07, 6.45) is 5.44. The van der Waals surface area contributed by atoms with Crippen molar-refractivity contribution in [2.45, 2.75) is 6.42 Å². The maximum atomic E-state index is 10.8. The Morgan fingerprint density at radius 2 is 2.33 bits per heavy atom. The molecule has 80 valence electrons. The number of rotatable bonds is 5. The van der Waals surface area contributed by atoms with Crippen molar-refractivity contribution < 1.29 is 4.21 Å². The van der Waals surface area contributed by atoms with Gasteiger partial charge in [-0.25, -0.2) is 9.97 Å². The fourth-order valence-corrected chi connectivity index (χ4v) is 1.52. The van der Waals surface area contributed by atoms with Crippen LogP contribution in [0.15, 0.2) is 12.4 Å². The van der Waals surface area contributed by atoms with E-state index in [0.29, 0.717) is 23.8 Å². The highest BCUT2D eigenvalue weighted by molar-refractivity contribution is 7.84. The normalized spacial score (nSPS) is 11.7. The highest BCUT2D eigenvalue weighted by Gasteiger charge is 1.96. The third kappa shape index (κ3) is 4.51. The second-order valence-corrected chi connectivity index (χ2v) is 4.51. The second-order valence-electron chi connectivity index (χ2n) is 2.96. The second kappa shape index (κ2) is 6.09. The van der Waals surface area contributed by atoms with E-state index in [1.165, 1.54) is 12.4 Å². The Labute approximate surface area is 91.0 Å². The number of nitriles is 1. The molecule has 1 rings (SSSR count). The number of hydrogen-bond donors (Lipinski definition) is 1. The maximum absolute atomic E-state index is 10.8. The van der Waals surface area contributed by atoms with Gasteiger partial charge in [-0.05, 0) is 6.42 Å². The Morgan fingerprint density at radius 3 is 2.87 bits per heavy atom. The zero-order valence-electron chi connectivity index (χ0n) is 8.43. The molecule has 0 aliphatic carbocycles. The van der Waals surface area contributed by atoms with Gasteiger partial charge in [-0.15, -0.1) is 0 Å². The van der Waals surface area contributed by atoms with Gasteiger partial charge in [-0.1, -0.05) is 0 Å². The minimum atomic E-state index is -0.748. The Hall–Kier alpha value is -1.48. The van der Waals surface area contributed by atoms with Crippen molar-refractivity contribution in [2.75, 3.05) is 23.9 Å². The molecule has 0 radical (unpaired) electrons. The summed E-state index contributed by atoms with van der Waals surface area (Å²) >= 11 is 0. The topological polar surface area (TPSA) is 78.7 Å². The molecule has 0 aliphatic heterocycles. The van der Waals surface area contributed by atoms with Gasteiger partial charge in [0, 0.05) is 29.4 Å². The minimum Gasteiger partial charge on any atom is -0.369 e. The van der Waals surface area contributed by atoms with E-state index in [4.69, 9.17) is 5.26 Å². The lowest BCUT2D eigenvalue weighted by Gasteiger charge is -2.03. The average molecular weight is 224 g/mol. The van der Waals surface area contributed by atoms with Crippen LogP contribution in [0.25, 0.3) is 0 Å². The van der Waals surface area contributed by atoms with Crippen molar-refractivity contribution in [2.24, 2.45) is 0 Å². The number of hydrogen-bond acceptors (Lipinski definition) is 5. The molecule has 1 atom stereocenters. The highest BCUT2D eigenvalue weighted by atomic mass is 32.2. The Morgan fingerprint density at radius 1 is 1.53 bits per heavy atom. The Bertz CT molecular complexity index is 371. The predicted octanol–water partition coefficient (Wildman–Crippen LogP) is 0.529. The molecule has 0 fully saturated rings. The van der Waals surface area contributed by atoms with Crippen LogP contribution in [-0.2, 0) is 10.8 Å². The zero-order valence-corrected chi connectivity index (χ0v) is 9.25. The van der Waals surface area contributed by atoms with Gasteiger partial charge in [0.2, 0.25) is 0 Å². The first kappa shape index (κ1) is 11.6. The maximum Gasteiger partial charge on any atom is 0.158 e. The third-order valence-electron chi connectivity index (χ3n) is 1.68. The quantitative estimate of drug-likeness (QED) is 0.738. The third-order valence-corrected chi connectivity index (χ3v) is 2.54. The summed E-state index contributed by atoms with van der Waals surface area (Å²) in [4.78, 5) is 7.86. The van der Waals surface area contributed by atoms with Crippen LogP contribution in [0.1, 0.15) is 12.1 Å².